The predicted octanol–water partition coefficient (Wildman–Crippen LogP) is -0.482. The van der Waals surface area contributed by atoms with Crippen LogP contribution in [0.15, 0.2) is 24.3 Å². The molecule has 0 aromatic heterocycles. The zero-order valence-corrected chi connectivity index (χ0v) is 22.0. The number of nitrogens with two attached hydrogens (primary N) is 3. The first-order valence-corrected chi connectivity index (χ1v) is 12.7. The second-order valence-electron chi connectivity index (χ2n) is 9.95. The summed E-state index contributed by atoms with van der Waals surface area (Å²) in [6.07, 6.45) is 4.04. The molecule has 5 amide bonds. The number of amidine groups is 1. The van der Waals surface area contributed by atoms with Gasteiger partial charge in [-0.3, -0.25) is 29.4 Å². The van der Waals surface area contributed by atoms with E-state index in [1.54, 1.807) is 38.4 Å². The third kappa shape index (κ3) is 8.86. The third-order valence-corrected chi connectivity index (χ3v) is 6.80. The number of benzene rings is 1. The molecule has 0 bridgehead atoms. The van der Waals surface area contributed by atoms with Gasteiger partial charge in [0.05, 0.1) is 0 Å². The number of carbonyl (C=O) groups is 5. The number of hydrogen-bond donors (Lipinski definition) is 6. The Morgan fingerprint density at radius 3 is 2.05 bits per heavy atom. The molecule has 0 radical (unpaired) electrons. The van der Waals surface area contributed by atoms with Crippen LogP contribution in [0.2, 0.25) is 0 Å². The topological polar surface area (TPSA) is 215 Å². The molecular formula is C26H39N7O5. The zero-order valence-electron chi connectivity index (χ0n) is 22.0. The van der Waals surface area contributed by atoms with Gasteiger partial charge in [0, 0.05) is 26.1 Å². The van der Waals surface area contributed by atoms with Gasteiger partial charge in [-0.15, -0.1) is 0 Å². The van der Waals surface area contributed by atoms with E-state index in [2.05, 4.69) is 10.6 Å². The first-order chi connectivity index (χ1) is 17.9. The van der Waals surface area contributed by atoms with Gasteiger partial charge < -0.3 is 32.7 Å². The van der Waals surface area contributed by atoms with Crippen molar-refractivity contribution in [2.45, 2.75) is 63.5 Å². The number of rotatable bonds is 13. The van der Waals surface area contributed by atoms with Gasteiger partial charge in [-0.2, -0.15) is 0 Å². The summed E-state index contributed by atoms with van der Waals surface area (Å²) in [5, 5.41) is 12.9. The number of amides is 5. The first kappa shape index (κ1) is 30.3. The highest BCUT2D eigenvalue weighted by Gasteiger charge is 2.36. The van der Waals surface area contributed by atoms with Crippen molar-refractivity contribution in [1.82, 2.24) is 15.5 Å². The summed E-state index contributed by atoms with van der Waals surface area (Å²) in [5.41, 5.74) is 17.3. The summed E-state index contributed by atoms with van der Waals surface area (Å²) in [5.74, 6) is -4.50. The van der Waals surface area contributed by atoms with Crippen LogP contribution in [0.4, 0.5) is 0 Å². The molecule has 1 aromatic rings. The molecule has 1 fully saturated rings. The Morgan fingerprint density at radius 1 is 0.947 bits per heavy atom. The average molecular weight is 530 g/mol. The van der Waals surface area contributed by atoms with Crippen molar-refractivity contribution < 1.29 is 24.0 Å². The Hall–Kier alpha value is -3.96. The highest BCUT2D eigenvalue weighted by molar-refractivity contribution is 6.02. The van der Waals surface area contributed by atoms with Crippen LogP contribution in [-0.2, 0) is 30.4 Å². The molecule has 3 unspecified atom stereocenters. The zero-order chi connectivity index (χ0) is 28.4. The minimum Gasteiger partial charge on any atom is -0.384 e. The molecule has 0 spiro atoms. The van der Waals surface area contributed by atoms with Gasteiger partial charge in [-0.1, -0.05) is 43.5 Å². The summed E-state index contributed by atoms with van der Waals surface area (Å²) >= 11 is 0. The fourth-order valence-corrected chi connectivity index (χ4v) is 4.61. The molecule has 3 atom stereocenters. The number of primary amides is 2. The fraction of sp³-hybridized carbons (Fsp3) is 0.538. The van der Waals surface area contributed by atoms with Crippen molar-refractivity contribution in [2.24, 2.45) is 29.0 Å². The lowest BCUT2D eigenvalue weighted by atomic mass is 9.83. The van der Waals surface area contributed by atoms with Crippen LogP contribution in [0.3, 0.4) is 0 Å². The Kier molecular flexibility index (Phi) is 11.2. The highest BCUT2D eigenvalue weighted by atomic mass is 16.2. The van der Waals surface area contributed by atoms with Gasteiger partial charge in [0.25, 0.3) is 0 Å². The molecule has 38 heavy (non-hydrogen) atoms. The minimum absolute atomic E-state index is 0.0558. The normalized spacial score (nSPS) is 15.9. The van der Waals surface area contributed by atoms with Crippen molar-refractivity contribution in [2.75, 3.05) is 14.1 Å². The van der Waals surface area contributed by atoms with E-state index in [1.807, 2.05) is 0 Å². The molecule has 1 aliphatic carbocycles. The standard InChI is InChI=1S/C26H39N7O5/c1-33(2)26(38)18(14-15-8-10-17(11-9-15)22(28)29)24(36)32-21(16-6-4-3-5-7-16)25(37)31-19(23(30)35)12-13-20(27)34/h8-11,16,18-19,21H,3-7,12-14H2,1-2H3,(H2,27,34)(H3,28,29)(H2,30,35)(H,31,37)(H,32,36). The predicted molar refractivity (Wildman–Crippen MR) is 141 cm³/mol. The van der Waals surface area contributed by atoms with Gasteiger partial charge in [0.15, 0.2) is 0 Å². The maximum atomic E-state index is 13.5. The smallest absolute Gasteiger partial charge is 0.243 e. The Labute approximate surface area is 222 Å². The van der Waals surface area contributed by atoms with Crippen molar-refractivity contribution >= 4 is 35.4 Å². The van der Waals surface area contributed by atoms with Gasteiger partial charge in [-0.25, -0.2) is 0 Å². The summed E-state index contributed by atoms with van der Waals surface area (Å²) in [7, 11) is 3.09. The van der Waals surface area contributed by atoms with E-state index in [0.29, 0.717) is 24.0 Å². The molecule has 12 nitrogen and oxygen atoms in total. The van der Waals surface area contributed by atoms with Gasteiger partial charge in [0.1, 0.15) is 23.8 Å². The van der Waals surface area contributed by atoms with Crippen LogP contribution in [0, 0.1) is 17.2 Å². The maximum absolute atomic E-state index is 13.5. The molecule has 0 aliphatic heterocycles. The highest BCUT2D eigenvalue weighted by Crippen LogP contribution is 2.27. The van der Waals surface area contributed by atoms with Gasteiger partial charge >= 0.3 is 0 Å². The third-order valence-electron chi connectivity index (χ3n) is 6.80. The molecular weight excluding hydrogens is 490 g/mol. The van der Waals surface area contributed by atoms with Crippen LogP contribution in [0.1, 0.15) is 56.1 Å². The van der Waals surface area contributed by atoms with Crippen LogP contribution in [0.5, 0.6) is 0 Å². The number of nitrogens with one attached hydrogen (secondary N) is 3. The molecule has 1 saturated carbocycles. The minimum atomic E-state index is -1.13. The molecule has 0 saturated heterocycles. The first-order valence-electron chi connectivity index (χ1n) is 12.7. The lowest BCUT2D eigenvalue weighted by Crippen LogP contribution is -2.57. The lowest BCUT2D eigenvalue weighted by molar-refractivity contribution is -0.142. The quantitative estimate of drug-likeness (QED) is 0.113. The number of hydrogen-bond acceptors (Lipinski definition) is 6. The van der Waals surface area contributed by atoms with Crippen LogP contribution < -0.4 is 27.8 Å². The Balaban J connectivity index is 2.28. The fourth-order valence-electron chi connectivity index (χ4n) is 4.61. The van der Waals surface area contributed by atoms with Crippen molar-refractivity contribution in [1.29, 1.82) is 5.41 Å². The van der Waals surface area contributed by atoms with Crippen LogP contribution in [0.25, 0.3) is 0 Å². The van der Waals surface area contributed by atoms with Crippen LogP contribution in [-0.4, -0.2) is 66.5 Å². The monoisotopic (exact) mass is 529 g/mol. The molecule has 9 N–H and O–H groups in total. The van der Waals surface area contributed by atoms with Crippen molar-refractivity contribution in [3.05, 3.63) is 35.4 Å². The lowest BCUT2D eigenvalue weighted by Gasteiger charge is -2.32. The summed E-state index contributed by atoms with van der Waals surface area (Å²) in [4.78, 5) is 64.3. The van der Waals surface area contributed by atoms with Crippen molar-refractivity contribution in [3.63, 3.8) is 0 Å². The van der Waals surface area contributed by atoms with Crippen LogP contribution >= 0.6 is 0 Å². The summed E-state index contributed by atoms with van der Waals surface area (Å²) < 4.78 is 0. The van der Waals surface area contributed by atoms with E-state index < -0.39 is 47.5 Å². The Morgan fingerprint density at radius 2 is 1.55 bits per heavy atom. The Bertz CT molecular complexity index is 1030. The molecule has 1 aliphatic rings. The summed E-state index contributed by atoms with van der Waals surface area (Å²) in [6.45, 7) is 0. The number of carbonyl (C=O) groups excluding carboxylic acids is 5. The van der Waals surface area contributed by atoms with E-state index in [9.17, 15) is 24.0 Å². The SMILES string of the molecule is CN(C)C(=O)C(Cc1ccc(C(=N)N)cc1)C(=O)NC(C(=O)NC(CCC(N)=O)C(N)=O)C1CCCCC1. The second-order valence-corrected chi connectivity index (χ2v) is 9.95. The molecule has 12 heteroatoms. The van der Waals surface area contributed by atoms with E-state index in [0.717, 1.165) is 19.3 Å². The molecule has 2 rings (SSSR count). The van der Waals surface area contributed by atoms with Crippen molar-refractivity contribution in [3.8, 4) is 0 Å². The maximum Gasteiger partial charge on any atom is 0.243 e. The average Bonchev–Trinajstić information content (AvgIpc) is 2.87. The number of nitrogens with zero attached hydrogens (tertiary/aromatic N) is 1. The second kappa shape index (κ2) is 14.1. The largest absolute Gasteiger partial charge is 0.384 e. The van der Waals surface area contributed by atoms with E-state index in [1.165, 1.54) is 4.90 Å². The van der Waals surface area contributed by atoms with E-state index >= 15 is 0 Å². The number of nitrogen functional groups attached to an aromatic ring is 1. The molecule has 208 valence electrons. The molecule has 1 aromatic carbocycles. The molecule has 0 heterocycles. The van der Waals surface area contributed by atoms with Gasteiger partial charge in [-0.05, 0) is 37.2 Å². The van der Waals surface area contributed by atoms with Gasteiger partial charge in [0.2, 0.25) is 29.5 Å². The van der Waals surface area contributed by atoms with E-state index in [-0.39, 0.29) is 31.0 Å². The summed E-state index contributed by atoms with van der Waals surface area (Å²) in [6, 6.07) is 4.55. The van der Waals surface area contributed by atoms with E-state index in [4.69, 9.17) is 22.6 Å².